The van der Waals surface area contributed by atoms with E-state index in [0.717, 1.165) is 0 Å². The van der Waals surface area contributed by atoms with Gasteiger partial charge in [-0.15, -0.1) is 0 Å². The van der Waals surface area contributed by atoms with Crippen molar-refractivity contribution in [2.75, 3.05) is 0 Å². The first-order valence-corrected chi connectivity index (χ1v) is 5.35. The molecule has 0 aromatic carbocycles. The fourth-order valence-electron chi connectivity index (χ4n) is 1.06. The summed E-state index contributed by atoms with van der Waals surface area (Å²) < 4.78 is 0. The lowest BCUT2D eigenvalue weighted by Gasteiger charge is -2.03. The second kappa shape index (κ2) is 5.21. The van der Waals surface area contributed by atoms with E-state index >= 15 is 0 Å². The second-order valence-corrected chi connectivity index (χ2v) is 3.85. The molecular formula is C9H8N6OS. The lowest BCUT2D eigenvalue weighted by atomic mass is 10.4. The van der Waals surface area contributed by atoms with Crippen molar-refractivity contribution in [3.63, 3.8) is 0 Å². The lowest BCUT2D eigenvalue weighted by molar-refractivity contribution is 0.318. The molecule has 7 nitrogen and oxygen atoms in total. The van der Waals surface area contributed by atoms with E-state index in [1.165, 1.54) is 24.2 Å². The van der Waals surface area contributed by atoms with E-state index in [1.54, 1.807) is 18.6 Å². The second-order valence-electron chi connectivity index (χ2n) is 2.84. The topological polar surface area (TPSA) is 110 Å². The largest absolute Gasteiger partial charge is 0.409 e. The fraction of sp³-hybridized carbons (Fsp3) is 0. The Morgan fingerprint density at radius 2 is 1.94 bits per heavy atom. The zero-order valence-electron chi connectivity index (χ0n) is 8.56. The van der Waals surface area contributed by atoms with Gasteiger partial charge in [0.25, 0.3) is 0 Å². The highest BCUT2D eigenvalue weighted by Crippen LogP contribution is 2.24. The third kappa shape index (κ3) is 2.67. The molecule has 2 rings (SSSR count). The maximum absolute atomic E-state index is 8.64. The van der Waals surface area contributed by atoms with Crippen LogP contribution < -0.4 is 5.73 Å². The summed E-state index contributed by atoms with van der Waals surface area (Å²) >= 11 is 1.24. The van der Waals surface area contributed by atoms with E-state index in [2.05, 4.69) is 25.1 Å². The summed E-state index contributed by atoms with van der Waals surface area (Å²) in [6.45, 7) is 0. The molecule has 2 heterocycles. The highest BCUT2D eigenvalue weighted by Gasteiger charge is 2.11. The minimum atomic E-state index is -0.0931. The molecule has 17 heavy (non-hydrogen) atoms. The monoisotopic (exact) mass is 248 g/mol. The van der Waals surface area contributed by atoms with Crippen LogP contribution >= 0.6 is 11.8 Å². The van der Waals surface area contributed by atoms with Crippen LogP contribution in [0.25, 0.3) is 0 Å². The highest BCUT2D eigenvalue weighted by atomic mass is 32.2. The van der Waals surface area contributed by atoms with Crippen molar-refractivity contribution in [2.24, 2.45) is 10.9 Å². The Kier molecular flexibility index (Phi) is 3.46. The predicted molar refractivity (Wildman–Crippen MR) is 60.7 cm³/mol. The molecular weight excluding hydrogens is 240 g/mol. The molecule has 0 saturated carbocycles. The first-order valence-electron chi connectivity index (χ1n) is 4.54. The SMILES string of the molecule is NC(=NO)c1nccnc1Sc1cnccn1. The molecule has 0 radical (unpaired) electrons. The molecule has 2 aromatic rings. The van der Waals surface area contributed by atoms with Crippen molar-refractivity contribution < 1.29 is 5.21 Å². The maximum Gasteiger partial charge on any atom is 0.191 e. The zero-order valence-corrected chi connectivity index (χ0v) is 9.37. The van der Waals surface area contributed by atoms with Crippen LogP contribution in [0.3, 0.4) is 0 Å². The maximum atomic E-state index is 8.64. The van der Waals surface area contributed by atoms with Crippen LogP contribution in [-0.4, -0.2) is 31.0 Å². The van der Waals surface area contributed by atoms with Crippen LogP contribution in [0.5, 0.6) is 0 Å². The normalized spacial score (nSPS) is 11.4. The third-order valence-electron chi connectivity index (χ3n) is 1.76. The average Bonchev–Trinajstić information content (AvgIpc) is 2.40. The van der Waals surface area contributed by atoms with Gasteiger partial charge in [0, 0.05) is 24.8 Å². The summed E-state index contributed by atoms with van der Waals surface area (Å²) in [5.41, 5.74) is 5.81. The van der Waals surface area contributed by atoms with Crippen LogP contribution in [0.15, 0.2) is 46.2 Å². The summed E-state index contributed by atoms with van der Waals surface area (Å²) in [6.07, 6.45) is 7.73. The zero-order chi connectivity index (χ0) is 12.1. The van der Waals surface area contributed by atoms with Gasteiger partial charge in [-0.3, -0.25) is 4.98 Å². The molecule has 0 bridgehead atoms. The van der Waals surface area contributed by atoms with E-state index in [9.17, 15) is 0 Å². The minimum Gasteiger partial charge on any atom is -0.409 e. The van der Waals surface area contributed by atoms with Crippen molar-refractivity contribution >= 4 is 17.6 Å². The minimum absolute atomic E-state index is 0.0931. The van der Waals surface area contributed by atoms with Gasteiger partial charge in [0.1, 0.15) is 15.7 Å². The molecule has 0 fully saturated rings. The summed E-state index contributed by atoms with van der Waals surface area (Å²) in [5, 5.41) is 12.7. The third-order valence-corrected chi connectivity index (χ3v) is 2.67. The Balaban J connectivity index is 2.33. The van der Waals surface area contributed by atoms with Gasteiger partial charge in [0.15, 0.2) is 5.84 Å². The number of nitrogens with zero attached hydrogens (tertiary/aromatic N) is 5. The highest BCUT2D eigenvalue weighted by molar-refractivity contribution is 7.99. The van der Waals surface area contributed by atoms with E-state index < -0.39 is 0 Å². The van der Waals surface area contributed by atoms with Crippen LogP contribution in [0.4, 0.5) is 0 Å². The number of rotatable bonds is 3. The van der Waals surface area contributed by atoms with Crippen molar-refractivity contribution in [3.8, 4) is 0 Å². The van der Waals surface area contributed by atoms with Crippen molar-refractivity contribution in [3.05, 3.63) is 36.7 Å². The molecule has 0 spiro atoms. The Bertz CT molecular complexity index is 532. The molecule has 8 heteroatoms. The predicted octanol–water partition coefficient (Wildman–Crippen LogP) is 0.512. The Morgan fingerprint density at radius 3 is 2.65 bits per heavy atom. The van der Waals surface area contributed by atoms with E-state index in [1.807, 2.05) is 0 Å². The molecule has 3 N–H and O–H groups in total. The van der Waals surface area contributed by atoms with Crippen molar-refractivity contribution in [2.45, 2.75) is 10.1 Å². The Morgan fingerprint density at radius 1 is 1.18 bits per heavy atom. The number of hydrogen-bond donors (Lipinski definition) is 2. The molecule has 0 unspecified atom stereocenters. The number of amidine groups is 1. The smallest absolute Gasteiger partial charge is 0.191 e. The molecule has 0 saturated heterocycles. The summed E-state index contributed by atoms with van der Waals surface area (Å²) in [6, 6.07) is 0. The van der Waals surface area contributed by atoms with Gasteiger partial charge in [0.2, 0.25) is 0 Å². The number of oxime groups is 1. The summed E-state index contributed by atoms with van der Waals surface area (Å²) in [7, 11) is 0. The molecule has 2 aromatic heterocycles. The van der Waals surface area contributed by atoms with E-state index in [0.29, 0.717) is 15.7 Å². The van der Waals surface area contributed by atoms with Gasteiger partial charge in [-0.1, -0.05) is 5.16 Å². The fourth-order valence-corrected chi connectivity index (χ4v) is 1.85. The molecule has 0 atom stereocenters. The van der Waals surface area contributed by atoms with Gasteiger partial charge in [-0.2, -0.15) is 0 Å². The first-order chi connectivity index (χ1) is 8.31. The van der Waals surface area contributed by atoms with Crippen molar-refractivity contribution in [1.82, 2.24) is 19.9 Å². The number of hydrogen-bond acceptors (Lipinski definition) is 7. The lowest BCUT2D eigenvalue weighted by Crippen LogP contribution is -2.16. The van der Waals surface area contributed by atoms with Gasteiger partial charge < -0.3 is 10.9 Å². The first kappa shape index (κ1) is 11.3. The molecule has 86 valence electrons. The standard InChI is InChI=1S/C9H8N6OS/c10-8(15-16)7-9(14-4-3-13-7)17-6-5-11-1-2-12-6/h1-5,16H,(H2,10,15). The van der Waals surface area contributed by atoms with Gasteiger partial charge in [0.05, 0.1) is 6.20 Å². The van der Waals surface area contributed by atoms with Crippen molar-refractivity contribution in [1.29, 1.82) is 0 Å². The molecule has 0 aliphatic carbocycles. The van der Waals surface area contributed by atoms with Gasteiger partial charge in [-0.25, -0.2) is 15.0 Å². The van der Waals surface area contributed by atoms with E-state index in [-0.39, 0.29) is 5.84 Å². The molecule has 0 aliphatic rings. The Labute approximate surface area is 101 Å². The summed E-state index contributed by atoms with van der Waals surface area (Å²) in [4.78, 5) is 16.1. The van der Waals surface area contributed by atoms with E-state index in [4.69, 9.17) is 10.9 Å². The van der Waals surface area contributed by atoms with Crippen LogP contribution in [0.2, 0.25) is 0 Å². The number of nitrogens with two attached hydrogens (primary N) is 1. The van der Waals surface area contributed by atoms with Gasteiger partial charge in [-0.05, 0) is 11.8 Å². The van der Waals surface area contributed by atoms with Gasteiger partial charge >= 0.3 is 0 Å². The Hall–Kier alpha value is -2.22. The molecule has 0 aliphatic heterocycles. The van der Waals surface area contributed by atoms with Crippen LogP contribution in [-0.2, 0) is 0 Å². The summed E-state index contributed by atoms with van der Waals surface area (Å²) in [5.74, 6) is -0.0931. The molecule has 0 amide bonds. The van der Waals surface area contributed by atoms with Crippen LogP contribution in [0.1, 0.15) is 5.69 Å². The quantitative estimate of drug-likeness (QED) is 0.352. The average molecular weight is 248 g/mol. The number of aromatic nitrogens is 4. The van der Waals surface area contributed by atoms with Crippen LogP contribution in [0, 0.1) is 0 Å².